The molecule has 4 heteroatoms. The van der Waals surface area contributed by atoms with Crippen molar-refractivity contribution < 1.29 is 9.47 Å². The summed E-state index contributed by atoms with van der Waals surface area (Å²) >= 11 is 1.81. The van der Waals surface area contributed by atoms with Gasteiger partial charge in [0.25, 0.3) is 0 Å². The lowest BCUT2D eigenvalue weighted by atomic mass is 10.1. The largest absolute Gasteiger partial charge is 0.349 e. The highest BCUT2D eigenvalue weighted by molar-refractivity contribution is 7.09. The van der Waals surface area contributed by atoms with Crippen molar-refractivity contribution in [1.82, 2.24) is 5.32 Å². The normalized spacial score (nSPS) is 22.5. The number of hydrogen-bond donors (Lipinski definition) is 1. The van der Waals surface area contributed by atoms with Crippen LogP contribution in [0.5, 0.6) is 0 Å². The second-order valence-electron chi connectivity index (χ2n) is 5.07. The molecular weight excluding hydrogens is 234 g/mol. The summed E-state index contributed by atoms with van der Waals surface area (Å²) in [6, 6.07) is 5.03. The summed E-state index contributed by atoms with van der Waals surface area (Å²) in [5.41, 5.74) is 0. The maximum absolute atomic E-state index is 5.63. The molecule has 0 radical (unpaired) electrons. The van der Waals surface area contributed by atoms with Crippen molar-refractivity contribution in [2.24, 2.45) is 0 Å². The van der Waals surface area contributed by atoms with Gasteiger partial charge in [0.05, 0.1) is 19.3 Å². The van der Waals surface area contributed by atoms with Gasteiger partial charge in [-0.25, -0.2) is 0 Å². The highest BCUT2D eigenvalue weighted by Crippen LogP contribution is 2.18. The SMILES string of the molecule is CC(Cc1cccs1)NC1COC(C)(C)OC1. The van der Waals surface area contributed by atoms with E-state index in [0.29, 0.717) is 12.1 Å². The van der Waals surface area contributed by atoms with Gasteiger partial charge >= 0.3 is 0 Å². The average Bonchev–Trinajstić information content (AvgIpc) is 2.74. The molecule has 0 spiro atoms. The molecule has 2 rings (SSSR count). The molecule has 0 aliphatic carbocycles. The summed E-state index contributed by atoms with van der Waals surface area (Å²) in [6.07, 6.45) is 1.07. The van der Waals surface area contributed by atoms with E-state index in [1.54, 1.807) is 0 Å². The summed E-state index contributed by atoms with van der Waals surface area (Å²) in [5, 5.41) is 5.67. The Hall–Kier alpha value is -0.420. The Morgan fingerprint density at radius 2 is 2.18 bits per heavy atom. The van der Waals surface area contributed by atoms with Gasteiger partial charge in [0.2, 0.25) is 0 Å². The Morgan fingerprint density at radius 3 is 2.76 bits per heavy atom. The Labute approximate surface area is 107 Å². The monoisotopic (exact) mass is 255 g/mol. The van der Waals surface area contributed by atoms with Crippen LogP contribution in [0.25, 0.3) is 0 Å². The fraction of sp³-hybridized carbons (Fsp3) is 0.692. The van der Waals surface area contributed by atoms with Crippen LogP contribution in [0.15, 0.2) is 17.5 Å². The zero-order valence-corrected chi connectivity index (χ0v) is 11.5. The van der Waals surface area contributed by atoms with Crippen molar-refractivity contribution >= 4 is 11.3 Å². The lowest BCUT2D eigenvalue weighted by molar-refractivity contribution is -0.253. The third-order valence-corrected chi connectivity index (χ3v) is 3.77. The number of ether oxygens (including phenoxy) is 2. The number of hydrogen-bond acceptors (Lipinski definition) is 4. The first-order chi connectivity index (χ1) is 8.05. The van der Waals surface area contributed by atoms with E-state index < -0.39 is 5.79 Å². The molecule has 1 aromatic heterocycles. The Balaban J connectivity index is 1.74. The van der Waals surface area contributed by atoms with Gasteiger partial charge in [-0.2, -0.15) is 0 Å². The highest BCUT2D eigenvalue weighted by Gasteiger charge is 2.28. The van der Waals surface area contributed by atoms with E-state index in [-0.39, 0.29) is 0 Å². The van der Waals surface area contributed by atoms with Gasteiger partial charge in [0, 0.05) is 10.9 Å². The van der Waals surface area contributed by atoms with Gasteiger partial charge < -0.3 is 14.8 Å². The minimum Gasteiger partial charge on any atom is -0.349 e. The van der Waals surface area contributed by atoms with Crippen LogP contribution in [0, 0.1) is 0 Å². The first-order valence-electron chi connectivity index (χ1n) is 6.11. The Morgan fingerprint density at radius 1 is 1.47 bits per heavy atom. The average molecular weight is 255 g/mol. The fourth-order valence-electron chi connectivity index (χ4n) is 1.98. The molecule has 1 aromatic rings. The van der Waals surface area contributed by atoms with Crippen molar-refractivity contribution in [2.45, 2.75) is 45.1 Å². The summed E-state index contributed by atoms with van der Waals surface area (Å²) in [6.45, 7) is 7.57. The van der Waals surface area contributed by atoms with Crippen LogP contribution in [0.2, 0.25) is 0 Å². The Bertz CT molecular complexity index is 327. The molecule has 0 aromatic carbocycles. The predicted octanol–water partition coefficient (Wildman–Crippen LogP) is 2.42. The molecule has 1 aliphatic rings. The van der Waals surface area contributed by atoms with E-state index >= 15 is 0 Å². The van der Waals surface area contributed by atoms with Gasteiger partial charge in [0.15, 0.2) is 5.79 Å². The molecule has 0 amide bonds. The summed E-state index contributed by atoms with van der Waals surface area (Å²) in [5.74, 6) is -0.421. The summed E-state index contributed by atoms with van der Waals surface area (Å²) in [4.78, 5) is 1.42. The Kier molecular flexibility index (Phi) is 4.20. The van der Waals surface area contributed by atoms with Crippen molar-refractivity contribution in [3.63, 3.8) is 0 Å². The minimum absolute atomic E-state index is 0.304. The van der Waals surface area contributed by atoms with E-state index in [2.05, 4.69) is 29.8 Å². The van der Waals surface area contributed by atoms with Crippen LogP contribution < -0.4 is 5.32 Å². The smallest absolute Gasteiger partial charge is 0.162 e. The van der Waals surface area contributed by atoms with E-state index in [4.69, 9.17) is 9.47 Å². The first-order valence-corrected chi connectivity index (χ1v) is 6.99. The molecule has 96 valence electrons. The topological polar surface area (TPSA) is 30.5 Å². The number of nitrogens with one attached hydrogen (secondary N) is 1. The molecule has 1 unspecified atom stereocenters. The minimum atomic E-state index is -0.421. The molecule has 0 bridgehead atoms. The quantitative estimate of drug-likeness (QED) is 0.896. The highest BCUT2D eigenvalue weighted by atomic mass is 32.1. The molecular formula is C13H21NO2S. The molecule has 2 heterocycles. The maximum atomic E-state index is 5.63. The van der Waals surface area contributed by atoms with Crippen LogP contribution in [0.3, 0.4) is 0 Å². The van der Waals surface area contributed by atoms with Gasteiger partial charge in [-0.3, -0.25) is 0 Å². The molecule has 1 N–H and O–H groups in total. The van der Waals surface area contributed by atoms with Crippen molar-refractivity contribution in [2.75, 3.05) is 13.2 Å². The number of thiophene rings is 1. The maximum Gasteiger partial charge on any atom is 0.162 e. The molecule has 1 fully saturated rings. The van der Waals surface area contributed by atoms with Crippen molar-refractivity contribution in [3.05, 3.63) is 22.4 Å². The zero-order valence-electron chi connectivity index (χ0n) is 10.7. The van der Waals surface area contributed by atoms with Crippen LogP contribution in [0.1, 0.15) is 25.6 Å². The first kappa shape index (κ1) is 13.0. The van der Waals surface area contributed by atoms with E-state index in [0.717, 1.165) is 19.6 Å². The van der Waals surface area contributed by atoms with Gasteiger partial charge in [-0.05, 0) is 38.6 Å². The lowest BCUT2D eigenvalue weighted by Crippen LogP contribution is -2.51. The molecule has 0 saturated carbocycles. The third kappa shape index (κ3) is 4.07. The second kappa shape index (κ2) is 5.48. The van der Waals surface area contributed by atoms with Crippen LogP contribution in [0.4, 0.5) is 0 Å². The van der Waals surface area contributed by atoms with Crippen molar-refractivity contribution in [1.29, 1.82) is 0 Å². The van der Waals surface area contributed by atoms with Crippen LogP contribution >= 0.6 is 11.3 Å². The van der Waals surface area contributed by atoms with Gasteiger partial charge in [-0.1, -0.05) is 6.07 Å². The van der Waals surface area contributed by atoms with E-state index in [1.165, 1.54) is 4.88 Å². The summed E-state index contributed by atoms with van der Waals surface area (Å²) < 4.78 is 11.3. The molecule has 1 saturated heterocycles. The van der Waals surface area contributed by atoms with E-state index in [1.807, 2.05) is 25.2 Å². The van der Waals surface area contributed by atoms with E-state index in [9.17, 15) is 0 Å². The third-order valence-electron chi connectivity index (χ3n) is 2.87. The van der Waals surface area contributed by atoms with Gasteiger partial charge in [0.1, 0.15) is 0 Å². The van der Waals surface area contributed by atoms with Crippen LogP contribution in [-0.4, -0.2) is 31.1 Å². The zero-order chi connectivity index (χ0) is 12.3. The molecule has 17 heavy (non-hydrogen) atoms. The van der Waals surface area contributed by atoms with Crippen LogP contribution in [-0.2, 0) is 15.9 Å². The lowest BCUT2D eigenvalue weighted by Gasteiger charge is -2.36. The van der Waals surface area contributed by atoms with Crippen molar-refractivity contribution in [3.8, 4) is 0 Å². The van der Waals surface area contributed by atoms with Gasteiger partial charge in [-0.15, -0.1) is 11.3 Å². The fourth-order valence-corrected chi connectivity index (χ4v) is 2.82. The second-order valence-corrected chi connectivity index (χ2v) is 6.10. The molecule has 1 aliphatic heterocycles. The standard InChI is InChI=1S/C13H21NO2S/c1-10(7-12-5-4-6-17-12)14-11-8-15-13(2,3)16-9-11/h4-6,10-11,14H,7-9H2,1-3H3. The summed E-state index contributed by atoms with van der Waals surface area (Å²) in [7, 11) is 0. The number of rotatable bonds is 4. The molecule has 1 atom stereocenters. The molecule has 3 nitrogen and oxygen atoms in total. The predicted molar refractivity (Wildman–Crippen MR) is 70.4 cm³/mol.